The standard InChI is InChI=1S/C22H25N5O2/c28-22(19-5-3-16(4-6-19)13-26-11-9-23-15-26)27-10-1-2-17(14-27)12-20-24-21(25-29-20)18-7-8-18/h3-6,9,11,15,17-18H,1-2,7-8,10,12-14H2. The Bertz CT molecular complexity index is 960. The van der Waals surface area contributed by atoms with E-state index in [2.05, 4.69) is 15.1 Å². The largest absolute Gasteiger partial charge is 0.339 e. The molecule has 7 nitrogen and oxygen atoms in total. The molecule has 7 heteroatoms. The lowest BCUT2D eigenvalue weighted by Gasteiger charge is -2.32. The summed E-state index contributed by atoms with van der Waals surface area (Å²) in [5, 5.41) is 4.11. The van der Waals surface area contributed by atoms with Crippen LogP contribution in [0.25, 0.3) is 0 Å². The van der Waals surface area contributed by atoms with Gasteiger partial charge in [0.15, 0.2) is 5.82 Å². The zero-order chi connectivity index (χ0) is 19.6. The van der Waals surface area contributed by atoms with E-state index >= 15 is 0 Å². The van der Waals surface area contributed by atoms with Gasteiger partial charge in [-0.25, -0.2) is 4.98 Å². The van der Waals surface area contributed by atoms with Crippen LogP contribution in [0, 0.1) is 5.92 Å². The van der Waals surface area contributed by atoms with E-state index in [4.69, 9.17) is 4.52 Å². The Morgan fingerprint density at radius 2 is 2.03 bits per heavy atom. The molecule has 5 rings (SSSR count). The van der Waals surface area contributed by atoms with E-state index in [0.29, 0.717) is 11.8 Å². The second kappa shape index (κ2) is 7.81. The third-order valence-electron chi connectivity index (χ3n) is 5.82. The molecule has 2 aromatic heterocycles. The first-order valence-corrected chi connectivity index (χ1v) is 10.4. The van der Waals surface area contributed by atoms with Crippen molar-refractivity contribution in [2.24, 2.45) is 5.92 Å². The molecule has 1 aliphatic carbocycles. The summed E-state index contributed by atoms with van der Waals surface area (Å²) in [5.74, 6) is 2.57. The van der Waals surface area contributed by atoms with Crippen LogP contribution in [0.2, 0.25) is 0 Å². The Kier molecular flexibility index (Phi) is 4.87. The van der Waals surface area contributed by atoms with Gasteiger partial charge in [-0.3, -0.25) is 4.79 Å². The van der Waals surface area contributed by atoms with Gasteiger partial charge < -0.3 is 14.0 Å². The van der Waals surface area contributed by atoms with Crippen molar-refractivity contribution in [2.45, 2.75) is 44.6 Å². The molecule has 1 aromatic carbocycles. The summed E-state index contributed by atoms with van der Waals surface area (Å²) < 4.78 is 7.45. The fraction of sp³-hybridized carbons (Fsp3) is 0.455. The van der Waals surface area contributed by atoms with Gasteiger partial charge in [0.1, 0.15) is 0 Å². The van der Waals surface area contributed by atoms with Crippen molar-refractivity contribution >= 4 is 5.91 Å². The molecule has 1 aliphatic heterocycles. The summed E-state index contributed by atoms with van der Waals surface area (Å²) in [6, 6.07) is 7.90. The topological polar surface area (TPSA) is 77.1 Å². The van der Waals surface area contributed by atoms with Gasteiger partial charge in [-0.15, -0.1) is 0 Å². The fourth-order valence-corrected chi connectivity index (χ4v) is 4.05. The van der Waals surface area contributed by atoms with Gasteiger partial charge in [0, 0.05) is 49.9 Å². The maximum Gasteiger partial charge on any atom is 0.253 e. The molecule has 2 aliphatic rings. The average molecular weight is 391 g/mol. The van der Waals surface area contributed by atoms with Crippen LogP contribution in [0.4, 0.5) is 0 Å². The molecule has 3 heterocycles. The molecule has 0 spiro atoms. The maximum atomic E-state index is 13.0. The van der Waals surface area contributed by atoms with E-state index in [-0.39, 0.29) is 5.91 Å². The third-order valence-corrected chi connectivity index (χ3v) is 5.82. The first-order valence-electron chi connectivity index (χ1n) is 10.4. The summed E-state index contributed by atoms with van der Waals surface area (Å²) in [4.78, 5) is 23.6. The molecule has 1 atom stereocenters. The predicted molar refractivity (Wildman–Crippen MR) is 106 cm³/mol. The van der Waals surface area contributed by atoms with Gasteiger partial charge in [-0.05, 0) is 49.3 Å². The number of rotatable bonds is 6. The molecular weight excluding hydrogens is 366 g/mol. The number of aromatic nitrogens is 4. The predicted octanol–water partition coefficient (Wildman–Crippen LogP) is 3.29. The average Bonchev–Trinajstić information content (AvgIpc) is 3.27. The van der Waals surface area contributed by atoms with Crippen LogP contribution in [-0.4, -0.2) is 43.6 Å². The van der Waals surface area contributed by atoms with Crippen LogP contribution >= 0.6 is 0 Å². The highest BCUT2D eigenvalue weighted by atomic mass is 16.5. The zero-order valence-electron chi connectivity index (χ0n) is 16.4. The number of hydrogen-bond donors (Lipinski definition) is 0. The van der Waals surface area contributed by atoms with E-state index < -0.39 is 0 Å². The highest BCUT2D eigenvalue weighted by Gasteiger charge is 2.30. The minimum Gasteiger partial charge on any atom is -0.339 e. The maximum absolute atomic E-state index is 13.0. The van der Waals surface area contributed by atoms with E-state index in [1.165, 1.54) is 12.8 Å². The number of carbonyl (C=O) groups is 1. The summed E-state index contributed by atoms with van der Waals surface area (Å²) in [5.41, 5.74) is 1.90. The minimum atomic E-state index is 0.105. The highest BCUT2D eigenvalue weighted by molar-refractivity contribution is 5.94. The number of carbonyl (C=O) groups excluding carboxylic acids is 1. The Labute approximate surface area is 169 Å². The van der Waals surface area contributed by atoms with Gasteiger partial charge >= 0.3 is 0 Å². The monoisotopic (exact) mass is 391 g/mol. The lowest BCUT2D eigenvalue weighted by molar-refractivity contribution is 0.0668. The van der Waals surface area contributed by atoms with Crippen molar-refractivity contribution in [3.8, 4) is 0 Å². The number of benzene rings is 1. The number of hydrogen-bond acceptors (Lipinski definition) is 5. The van der Waals surface area contributed by atoms with E-state index in [1.807, 2.05) is 39.9 Å². The number of nitrogens with zero attached hydrogens (tertiary/aromatic N) is 5. The van der Waals surface area contributed by atoms with Crippen molar-refractivity contribution in [3.05, 3.63) is 65.8 Å². The van der Waals surface area contributed by atoms with Gasteiger partial charge in [-0.2, -0.15) is 4.98 Å². The SMILES string of the molecule is O=C(c1ccc(Cn2ccnc2)cc1)N1CCCC(Cc2nc(C3CC3)no2)C1. The molecule has 1 saturated carbocycles. The summed E-state index contributed by atoms with van der Waals surface area (Å²) in [6.07, 6.45) is 10.7. The van der Waals surface area contributed by atoms with Crippen LogP contribution in [0.15, 0.2) is 47.5 Å². The molecule has 0 N–H and O–H groups in total. The minimum absolute atomic E-state index is 0.105. The van der Waals surface area contributed by atoms with E-state index in [1.54, 1.807) is 12.5 Å². The molecule has 1 unspecified atom stereocenters. The van der Waals surface area contributed by atoms with Crippen molar-refractivity contribution < 1.29 is 9.32 Å². The molecule has 0 bridgehead atoms. The van der Waals surface area contributed by atoms with Crippen LogP contribution in [0.3, 0.4) is 0 Å². The highest BCUT2D eigenvalue weighted by Crippen LogP contribution is 2.38. The van der Waals surface area contributed by atoms with Crippen molar-refractivity contribution in [3.63, 3.8) is 0 Å². The van der Waals surface area contributed by atoms with Crippen molar-refractivity contribution in [2.75, 3.05) is 13.1 Å². The first-order chi connectivity index (χ1) is 14.2. The molecular formula is C22H25N5O2. The van der Waals surface area contributed by atoms with E-state index in [0.717, 1.165) is 61.7 Å². The van der Waals surface area contributed by atoms with Crippen LogP contribution in [0.5, 0.6) is 0 Å². The smallest absolute Gasteiger partial charge is 0.253 e. The van der Waals surface area contributed by atoms with Crippen molar-refractivity contribution in [1.82, 2.24) is 24.6 Å². The van der Waals surface area contributed by atoms with Crippen LogP contribution < -0.4 is 0 Å². The Morgan fingerprint density at radius 1 is 1.17 bits per heavy atom. The fourth-order valence-electron chi connectivity index (χ4n) is 4.05. The second-order valence-electron chi connectivity index (χ2n) is 8.22. The number of likely N-dealkylation sites (tertiary alicyclic amines) is 1. The van der Waals surface area contributed by atoms with E-state index in [9.17, 15) is 4.79 Å². The Morgan fingerprint density at radius 3 is 2.79 bits per heavy atom. The van der Waals surface area contributed by atoms with Gasteiger partial charge in [0.25, 0.3) is 5.91 Å². The normalized spacial score (nSPS) is 19.4. The Hall–Kier alpha value is -2.96. The lowest BCUT2D eigenvalue weighted by Crippen LogP contribution is -2.40. The number of imidazole rings is 1. The van der Waals surface area contributed by atoms with Gasteiger partial charge in [0.05, 0.1) is 6.33 Å². The number of amides is 1. The summed E-state index contributed by atoms with van der Waals surface area (Å²) in [7, 11) is 0. The molecule has 29 heavy (non-hydrogen) atoms. The second-order valence-corrected chi connectivity index (χ2v) is 8.22. The molecule has 150 valence electrons. The molecule has 1 amide bonds. The van der Waals surface area contributed by atoms with Crippen LogP contribution in [0.1, 0.15) is 59.2 Å². The zero-order valence-corrected chi connectivity index (χ0v) is 16.4. The Balaban J connectivity index is 1.19. The quantitative estimate of drug-likeness (QED) is 0.644. The van der Waals surface area contributed by atoms with Crippen molar-refractivity contribution in [1.29, 1.82) is 0 Å². The third kappa shape index (κ3) is 4.23. The molecule has 1 saturated heterocycles. The van der Waals surface area contributed by atoms with Crippen LogP contribution in [-0.2, 0) is 13.0 Å². The molecule has 3 aromatic rings. The summed E-state index contributed by atoms with van der Waals surface area (Å²) in [6.45, 7) is 2.31. The molecule has 0 radical (unpaired) electrons. The lowest BCUT2D eigenvalue weighted by atomic mass is 9.94. The number of piperidine rings is 1. The van der Waals surface area contributed by atoms with Gasteiger partial charge in [-0.1, -0.05) is 17.3 Å². The first kappa shape index (κ1) is 18.1. The molecule has 2 fully saturated rings. The summed E-state index contributed by atoms with van der Waals surface area (Å²) >= 11 is 0. The van der Waals surface area contributed by atoms with Gasteiger partial charge in [0.2, 0.25) is 5.89 Å².